The molecule has 2 rings (SSSR count). The minimum Gasteiger partial charge on any atom is -0.326 e. The molecular formula is C18H23N3O2S. The van der Waals surface area contributed by atoms with E-state index in [-0.39, 0.29) is 10.9 Å². The lowest BCUT2D eigenvalue weighted by Crippen LogP contribution is -2.38. The summed E-state index contributed by atoms with van der Waals surface area (Å²) in [6.45, 7) is 7.62. The summed E-state index contributed by atoms with van der Waals surface area (Å²) in [5.74, 6) is 0.189. The van der Waals surface area contributed by atoms with E-state index in [2.05, 4.69) is 15.0 Å². The molecule has 0 saturated heterocycles. The molecule has 0 aliphatic rings. The first kappa shape index (κ1) is 18.0. The molecule has 0 unspecified atom stereocenters. The number of hydrogen-bond acceptors (Lipinski definition) is 3. The third-order valence-electron chi connectivity index (χ3n) is 3.05. The predicted molar refractivity (Wildman–Crippen MR) is 98.8 cm³/mol. The highest BCUT2D eigenvalue weighted by Gasteiger charge is 2.18. The maximum atomic E-state index is 12.6. The van der Waals surface area contributed by atoms with Crippen LogP contribution in [0.1, 0.15) is 26.3 Å². The van der Waals surface area contributed by atoms with E-state index in [9.17, 15) is 8.42 Å². The van der Waals surface area contributed by atoms with Crippen molar-refractivity contribution in [1.82, 2.24) is 4.72 Å². The maximum Gasteiger partial charge on any atom is 0.264 e. The van der Waals surface area contributed by atoms with Gasteiger partial charge in [0.2, 0.25) is 5.96 Å². The van der Waals surface area contributed by atoms with Gasteiger partial charge in [-0.3, -0.25) is 0 Å². The molecule has 6 heteroatoms. The first-order chi connectivity index (χ1) is 11.2. The summed E-state index contributed by atoms with van der Waals surface area (Å²) < 4.78 is 27.7. The first-order valence-corrected chi connectivity index (χ1v) is 9.15. The molecule has 2 aromatic carbocycles. The Balaban J connectivity index is 2.31. The largest absolute Gasteiger partial charge is 0.326 e. The number of sulfonamides is 1. The minimum atomic E-state index is -3.71. The number of rotatable bonds is 3. The zero-order valence-corrected chi connectivity index (χ0v) is 15.2. The molecule has 0 atom stereocenters. The van der Waals surface area contributed by atoms with Gasteiger partial charge in [-0.05, 0) is 52.0 Å². The zero-order chi connectivity index (χ0) is 17.8. The highest BCUT2D eigenvalue weighted by molar-refractivity contribution is 7.90. The minimum absolute atomic E-state index is 0.189. The number of hydrogen-bond donors (Lipinski definition) is 2. The number of aryl methyl sites for hydroxylation is 1. The van der Waals surface area contributed by atoms with Crippen LogP contribution in [0.15, 0.2) is 64.5 Å². The Morgan fingerprint density at radius 2 is 1.54 bits per heavy atom. The summed E-state index contributed by atoms with van der Waals surface area (Å²) in [5, 5.41) is 3.03. The fourth-order valence-electron chi connectivity index (χ4n) is 1.97. The highest BCUT2D eigenvalue weighted by atomic mass is 32.2. The average molecular weight is 345 g/mol. The van der Waals surface area contributed by atoms with E-state index in [0.29, 0.717) is 0 Å². The van der Waals surface area contributed by atoms with Gasteiger partial charge < -0.3 is 5.32 Å². The average Bonchev–Trinajstić information content (AvgIpc) is 2.46. The Bertz CT molecular complexity index is 806. The molecule has 0 aliphatic heterocycles. The molecule has 5 nitrogen and oxygen atoms in total. The van der Waals surface area contributed by atoms with Gasteiger partial charge in [0.1, 0.15) is 0 Å². The van der Waals surface area contributed by atoms with E-state index in [4.69, 9.17) is 0 Å². The smallest absolute Gasteiger partial charge is 0.264 e. The third-order valence-corrected chi connectivity index (χ3v) is 4.40. The monoisotopic (exact) mass is 345 g/mol. The van der Waals surface area contributed by atoms with Crippen molar-refractivity contribution >= 4 is 21.7 Å². The molecule has 0 aliphatic carbocycles. The van der Waals surface area contributed by atoms with Gasteiger partial charge in [0, 0.05) is 5.69 Å². The molecule has 0 spiro atoms. The molecule has 0 bridgehead atoms. The molecule has 2 N–H and O–H groups in total. The molecule has 2 aromatic rings. The number of nitrogens with one attached hydrogen (secondary N) is 2. The molecule has 0 amide bonds. The van der Waals surface area contributed by atoms with Crippen LogP contribution in [0.3, 0.4) is 0 Å². The standard InChI is InChI=1S/C18H23N3O2S/c1-14-10-12-16(13-11-14)24(22,23)21-17(20-18(2,3)4)19-15-8-6-5-7-9-15/h5-13H,1-4H3,(H2,19,20,21). The van der Waals surface area contributed by atoms with Crippen LogP contribution in [0.25, 0.3) is 0 Å². The van der Waals surface area contributed by atoms with Crippen molar-refractivity contribution in [2.75, 3.05) is 5.32 Å². The summed E-state index contributed by atoms with van der Waals surface area (Å²) in [4.78, 5) is 4.65. The van der Waals surface area contributed by atoms with E-state index in [1.807, 2.05) is 58.0 Å². The number of guanidine groups is 1. The molecule has 0 aromatic heterocycles. The molecular weight excluding hydrogens is 322 g/mol. The van der Waals surface area contributed by atoms with Crippen LogP contribution in [0, 0.1) is 6.92 Å². The second-order valence-electron chi connectivity index (χ2n) is 6.54. The Morgan fingerprint density at radius 3 is 2.08 bits per heavy atom. The van der Waals surface area contributed by atoms with Crippen LogP contribution in [0.2, 0.25) is 0 Å². The van der Waals surface area contributed by atoms with Crippen LogP contribution in [0.4, 0.5) is 5.69 Å². The zero-order valence-electron chi connectivity index (χ0n) is 14.4. The van der Waals surface area contributed by atoms with E-state index in [1.54, 1.807) is 24.3 Å². The molecule has 0 fully saturated rings. The van der Waals surface area contributed by atoms with Crippen molar-refractivity contribution < 1.29 is 8.42 Å². The van der Waals surface area contributed by atoms with Gasteiger partial charge in [-0.2, -0.15) is 0 Å². The van der Waals surface area contributed by atoms with Gasteiger partial charge in [-0.15, -0.1) is 0 Å². The number of benzene rings is 2. The summed E-state index contributed by atoms with van der Waals surface area (Å²) in [5.41, 5.74) is 1.32. The molecule has 0 radical (unpaired) electrons. The number of anilines is 1. The van der Waals surface area contributed by atoms with Crippen molar-refractivity contribution in [2.45, 2.75) is 38.1 Å². The van der Waals surface area contributed by atoms with Gasteiger partial charge in [-0.1, -0.05) is 35.9 Å². The van der Waals surface area contributed by atoms with Crippen LogP contribution in [0.5, 0.6) is 0 Å². The Morgan fingerprint density at radius 1 is 0.958 bits per heavy atom. The SMILES string of the molecule is Cc1ccc(S(=O)(=O)NC(=NC(C)(C)C)Nc2ccccc2)cc1. The van der Waals surface area contributed by atoms with Crippen molar-refractivity contribution in [2.24, 2.45) is 4.99 Å². The summed E-state index contributed by atoms with van der Waals surface area (Å²) in [6.07, 6.45) is 0. The van der Waals surface area contributed by atoms with Crippen molar-refractivity contribution in [1.29, 1.82) is 0 Å². The third kappa shape index (κ3) is 5.38. The van der Waals surface area contributed by atoms with Gasteiger partial charge in [0.25, 0.3) is 10.0 Å². The van der Waals surface area contributed by atoms with Crippen LogP contribution < -0.4 is 10.0 Å². The van der Waals surface area contributed by atoms with Crippen molar-refractivity contribution in [3.63, 3.8) is 0 Å². The number of para-hydroxylation sites is 1. The summed E-state index contributed by atoms with van der Waals surface area (Å²) >= 11 is 0. The predicted octanol–water partition coefficient (Wildman–Crippen LogP) is 3.54. The molecule has 0 saturated carbocycles. The second-order valence-corrected chi connectivity index (χ2v) is 8.22. The number of aliphatic imine (C=N–C) groups is 1. The Hall–Kier alpha value is -2.34. The second kappa shape index (κ2) is 7.05. The maximum absolute atomic E-state index is 12.6. The van der Waals surface area contributed by atoms with Crippen LogP contribution in [-0.4, -0.2) is 19.9 Å². The van der Waals surface area contributed by atoms with Gasteiger partial charge >= 0.3 is 0 Å². The lowest BCUT2D eigenvalue weighted by molar-refractivity contribution is 0.577. The van der Waals surface area contributed by atoms with E-state index in [1.165, 1.54) is 0 Å². The fraction of sp³-hybridized carbons (Fsp3) is 0.278. The summed E-state index contributed by atoms with van der Waals surface area (Å²) in [7, 11) is -3.71. The van der Waals surface area contributed by atoms with E-state index < -0.39 is 15.6 Å². The van der Waals surface area contributed by atoms with E-state index >= 15 is 0 Å². The fourth-order valence-corrected chi connectivity index (χ4v) is 2.94. The number of nitrogens with zero attached hydrogens (tertiary/aromatic N) is 1. The van der Waals surface area contributed by atoms with Gasteiger partial charge in [0.05, 0.1) is 10.4 Å². The van der Waals surface area contributed by atoms with E-state index in [0.717, 1.165) is 11.3 Å². The van der Waals surface area contributed by atoms with Gasteiger partial charge in [0.15, 0.2) is 0 Å². The topological polar surface area (TPSA) is 70.6 Å². The lowest BCUT2D eigenvalue weighted by Gasteiger charge is -2.18. The lowest BCUT2D eigenvalue weighted by atomic mass is 10.1. The molecule has 128 valence electrons. The normalized spacial score (nSPS) is 12.8. The quantitative estimate of drug-likeness (QED) is 0.660. The Kier molecular flexibility index (Phi) is 5.29. The highest BCUT2D eigenvalue weighted by Crippen LogP contribution is 2.13. The van der Waals surface area contributed by atoms with Crippen molar-refractivity contribution in [3.05, 3.63) is 60.2 Å². The van der Waals surface area contributed by atoms with Crippen LogP contribution >= 0.6 is 0 Å². The summed E-state index contributed by atoms with van der Waals surface area (Å²) in [6, 6.07) is 16.0. The molecule has 24 heavy (non-hydrogen) atoms. The van der Waals surface area contributed by atoms with Crippen LogP contribution in [-0.2, 0) is 10.0 Å². The first-order valence-electron chi connectivity index (χ1n) is 7.67. The van der Waals surface area contributed by atoms with Crippen molar-refractivity contribution in [3.8, 4) is 0 Å². The van der Waals surface area contributed by atoms with Gasteiger partial charge in [-0.25, -0.2) is 18.1 Å². The molecule has 0 heterocycles. The Labute approximate surface area is 143 Å².